The summed E-state index contributed by atoms with van der Waals surface area (Å²) in [6.45, 7) is -0.488. The maximum absolute atomic E-state index is 12.7. The fourth-order valence-electron chi connectivity index (χ4n) is 3.32. The molecule has 1 atom stereocenters. The van der Waals surface area contributed by atoms with Crippen molar-refractivity contribution in [2.24, 2.45) is 5.92 Å². The number of aliphatic hydroxyl groups excluding tert-OH is 1. The van der Waals surface area contributed by atoms with E-state index in [-0.39, 0.29) is 11.8 Å². The first kappa shape index (κ1) is 17.2. The smallest absolute Gasteiger partial charge is 0.330 e. The summed E-state index contributed by atoms with van der Waals surface area (Å²) in [6, 6.07) is 15.1. The molecule has 2 N–H and O–H groups in total. The van der Waals surface area contributed by atoms with Crippen LogP contribution in [0.4, 0.5) is 0 Å². The molecule has 5 heteroatoms. The highest BCUT2D eigenvalue weighted by molar-refractivity contribution is 5.87. The maximum Gasteiger partial charge on any atom is 0.330 e. The molecule has 1 aliphatic carbocycles. The summed E-state index contributed by atoms with van der Waals surface area (Å²) in [5.74, 6) is -1.22. The van der Waals surface area contributed by atoms with E-state index in [0.29, 0.717) is 12.8 Å². The number of methoxy groups -OCH3 is 1. The van der Waals surface area contributed by atoms with Gasteiger partial charge in [-0.15, -0.1) is 0 Å². The number of hydrogen-bond acceptors (Lipinski definition) is 4. The van der Waals surface area contributed by atoms with Crippen molar-refractivity contribution in [1.29, 1.82) is 0 Å². The molecule has 0 fully saturated rings. The largest absolute Gasteiger partial charge is 0.467 e. The van der Waals surface area contributed by atoms with Gasteiger partial charge in [0.15, 0.2) is 6.04 Å². The zero-order valence-corrected chi connectivity index (χ0v) is 14.1. The molecule has 25 heavy (non-hydrogen) atoms. The molecule has 0 bridgehead atoms. The second-order valence-electron chi connectivity index (χ2n) is 6.19. The molecule has 2 aromatic carbocycles. The topological polar surface area (TPSA) is 75.6 Å². The minimum atomic E-state index is -1.04. The monoisotopic (exact) mass is 339 g/mol. The standard InChI is InChI=1S/C20H21NO4/c1-25-20(24)18(12-22)21-19(23)15-10-13-6-2-4-8-16(13)17-9-5-3-7-14(17)11-15/h2-9,15,18,22H,10-12H2,1H3,(H,21,23). The number of fused-ring (bicyclic) bond motifs is 3. The Morgan fingerprint density at radius 2 is 1.60 bits per heavy atom. The summed E-state index contributed by atoms with van der Waals surface area (Å²) in [6.07, 6.45) is 1.16. The van der Waals surface area contributed by atoms with Crippen LogP contribution in [-0.2, 0) is 27.2 Å². The van der Waals surface area contributed by atoms with Crippen LogP contribution in [0.2, 0.25) is 0 Å². The summed E-state index contributed by atoms with van der Waals surface area (Å²) in [5.41, 5.74) is 4.48. The lowest BCUT2D eigenvalue weighted by atomic mass is 9.94. The lowest BCUT2D eigenvalue weighted by Gasteiger charge is -2.19. The lowest BCUT2D eigenvalue weighted by Crippen LogP contribution is -2.47. The second-order valence-corrected chi connectivity index (χ2v) is 6.19. The number of carbonyl (C=O) groups is 2. The molecule has 0 radical (unpaired) electrons. The third-order valence-corrected chi connectivity index (χ3v) is 4.61. The van der Waals surface area contributed by atoms with Gasteiger partial charge in [0.1, 0.15) is 0 Å². The van der Waals surface area contributed by atoms with E-state index in [9.17, 15) is 14.7 Å². The van der Waals surface area contributed by atoms with Crippen LogP contribution < -0.4 is 5.32 Å². The molecule has 1 unspecified atom stereocenters. The second kappa shape index (κ2) is 7.49. The average molecular weight is 339 g/mol. The van der Waals surface area contributed by atoms with E-state index in [2.05, 4.69) is 22.2 Å². The fourth-order valence-corrected chi connectivity index (χ4v) is 3.32. The van der Waals surface area contributed by atoms with E-state index < -0.39 is 18.6 Å². The molecule has 3 rings (SSSR count). The molecule has 130 valence electrons. The van der Waals surface area contributed by atoms with Gasteiger partial charge < -0.3 is 15.2 Å². The van der Waals surface area contributed by atoms with Gasteiger partial charge in [0.25, 0.3) is 0 Å². The van der Waals surface area contributed by atoms with Crippen LogP contribution in [0.15, 0.2) is 48.5 Å². The molecule has 0 saturated heterocycles. The van der Waals surface area contributed by atoms with E-state index in [0.717, 1.165) is 22.3 Å². The zero-order valence-electron chi connectivity index (χ0n) is 14.1. The average Bonchev–Trinajstić information content (AvgIpc) is 2.82. The number of amides is 1. The Morgan fingerprint density at radius 1 is 1.08 bits per heavy atom. The molecule has 0 spiro atoms. The highest BCUT2D eigenvalue weighted by Crippen LogP contribution is 2.34. The number of esters is 1. The molecule has 0 saturated carbocycles. The first-order valence-corrected chi connectivity index (χ1v) is 8.29. The highest BCUT2D eigenvalue weighted by atomic mass is 16.5. The van der Waals surface area contributed by atoms with Crippen molar-refractivity contribution in [3.05, 3.63) is 59.7 Å². The van der Waals surface area contributed by atoms with Crippen LogP contribution in [0, 0.1) is 5.92 Å². The van der Waals surface area contributed by atoms with Crippen LogP contribution >= 0.6 is 0 Å². The first-order chi connectivity index (χ1) is 12.1. The Labute approximate surface area is 146 Å². The number of hydrogen-bond donors (Lipinski definition) is 2. The minimum Gasteiger partial charge on any atom is -0.467 e. The molecule has 0 heterocycles. The van der Waals surface area contributed by atoms with E-state index in [1.165, 1.54) is 7.11 Å². The molecular weight excluding hydrogens is 318 g/mol. The molecule has 0 aromatic heterocycles. The zero-order chi connectivity index (χ0) is 17.8. The van der Waals surface area contributed by atoms with E-state index in [4.69, 9.17) is 0 Å². The molecule has 2 aromatic rings. The Bertz CT molecular complexity index is 739. The van der Waals surface area contributed by atoms with Crippen molar-refractivity contribution in [2.45, 2.75) is 18.9 Å². The van der Waals surface area contributed by atoms with Gasteiger partial charge in [0.2, 0.25) is 5.91 Å². The predicted molar refractivity (Wildman–Crippen MR) is 93.8 cm³/mol. The third kappa shape index (κ3) is 3.56. The fraction of sp³-hybridized carbons (Fsp3) is 0.300. The van der Waals surface area contributed by atoms with Crippen LogP contribution in [0.25, 0.3) is 11.1 Å². The summed E-state index contributed by atoms with van der Waals surface area (Å²) in [7, 11) is 1.23. The van der Waals surface area contributed by atoms with Crippen LogP contribution in [0.1, 0.15) is 11.1 Å². The first-order valence-electron chi connectivity index (χ1n) is 8.29. The van der Waals surface area contributed by atoms with Crippen LogP contribution in [-0.4, -0.2) is 36.7 Å². The molecule has 1 amide bonds. The summed E-state index contributed by atoms with van der Waals surface area (Å²) >= 11 is 0. The number of rotatable bonds is 4. The number of nitrogens with one attached hydrogen (secondary N) is 1. The van der Waals surface area contributed by atoms with Gasteiger partial charge in [-0.25, -0.2) is 4.79 Å². The van der Waals surface area contributed by atoms with Crippen LogP contribution in [0.3, 0.4) is 0 Å². The third-order valence-electron chi connectivity index (χ3n) is 4.61. The normalized spacial score (nSPS) is 14.6. The molecular formula is C20H21NO4. The van der Waals surface area contributed by atoms with E-state index in [1.807, 2.05) is 36.4 Å². The number of aliphatic hydroxyl groups is 1. The molecule has 5 nitrogen and oxygen atoms in total. The predicted octanol–water partition coefficient (Wildman–Crippen LogP) is 1.72. The van der Waals surface area contributed by atoms with Gasteiger partial charge in [-0.1, -0.05) is 48.5 Å². The Balaban J connectivity index is 1.90. The summed E-state index contributed by atoms with van der Waals surface area (Å²) in [5, 5.41) is 11.9. The van der Waals surface area contributed by atoms with Crippen molar-refractivity contribution in [3.8, 4) is 11.1 Å². The van der Waals surface area contributed by atoms with Gasteiger partial charge in [0.05, 0.1) is 13.7 Å². The van der Waals surface area contributed by atoms with Crippen molar-refractivity contribution < 1.29 is 19.4 Å². The Hall–Kier alpha value is -2.66. The Kier molecular flexibility index (Phi) is 5.14. The van der Waals surface area contributed by atoms with Gasteiger partial charge in [-0.2, -0.15) is 0 Å². The lowest BCUT2D eigenvalue weighted by molar-refractivity contribution is -0.146. The number of benzene rings is 2. The number of carbonyl (C=O) groups excluding carboxylic acids is 2. The van der Waals surface area contributed by atoms with Crippen molar-refractivity contribution in [1.82, 2.24) is 5.32 Å². The van der Waals surface area contributed by atoms with Crippen molar-refractivity contribution in [3.63, 3.8) is 0 Å². The van der Waals surface area contributed by atoms with Gasteiger partial charge in [0, 0.05) is 5.92 Å². The van der Waals surface area contributed by atoms with E-state index >= 15 is 0 Å². The summed E-state index contributed by atoms with van der Waals surface area (Å²) in [4.78, 5) is 24.4. The maximum atomic E-state index is 12.7. The molecule has 1 aliphatic rings. The summed E-state index contributed by atoms with van der Waals surface area (Å²) < 4.78 is 4.62. The Morgan fingerprint density at radius 3 is 2.08 bits per heavy atom. The van der Waals surface area contributed by atoms with Gasteiger partial charge in [-0.05, 0) is 35.1 Å². The molecule has 0 aliphatic heterocycles. The number of ether oxygens (including phenoxy) is 1. The minimum absolute atomic E-state index is 0.254. The van der Waals surface area contributed by atoms with Gasteiger partial charge >= 0.3 is 5.97 Å². The van der Waals surface area contributed by atoms with E-state index in [1.54, 1.807) is 0 Å². The van der Waals surface area contributed by atoms with Crippen molar-refractivity contribution >= 4 is 11.9 Å². The quantitative estimate of drug-likeness (QED) is 0.832. The van der Waals surface area contributed by atoms with Crippen molar-refractivity contribution in [2.75, 3.05) is 13.7 Å². The van der Waals surface area contributed by atoms with Gasteiger partial charge in [-0.3, -0.25) is 4.79 Å². The highest BCUT2D eigenvalue weighted by Gasteiger charge is 2.29. The SMILES string of the molecule is COC(=O)C(CO)NC(=O)C1Cc2ccccc2-c2ccccc2C1. The van der Waals surface area contributed by atoms with Crippen LogP contribution in [0.5, 0.6) is 0 Å².